The number of hydrogen-bond donors (Lipinski definition) is 1. The third-order valence-electron chi connectivity index (χ3n) is 4.88. The van der Waals surface area contributed by atoms with E-state index in [0.29, 0.717) is 27.5 Å². The monoisotopic (exact) mass is 475 g/mol. The maximum atomic E-state index is 13.1. The predicted molar refractivity (Wildman–Crippen MR) is 122 cm³/mol. The van der Waals surface area contributed by atoms with Crippen LogP contribution < -0.4 is 10.7 Å². The zero-order chi connectivity index (χ0) is 21.8. The molecule has 4 rings (SSSR count). The van der Waals surface area contributed by atoms with Crippen LogP contribution in [-0.2, 0) is 17.9 Å². The van der Waals surface area contributed by atoms with Crippen LogP contribution in [0.5, 0.6) is 0 Å². The van der Waals surface area contributed by atoms with E-state index < -0.39 is 5.78 Å². The number of amides is 1. The van der Waals surface area contributed by atoms with Gasteiger partial charge in [0, 0.05) is 40.6 Å². The third-order valence-corrected chi connectivity index (χ3v) is 5.37. The third kappa shape index (κ3) is 4.62. The molecule has 0 atom stereocenters. The van der Waals surface area contributed by atoms with Crippen molar-refractivity contribution in [2.24, 2.45) is 0 Å². The van der Waals surface area contributed by atoms with Crippen LogP contribution in [-0.4, -0.2) is 21.2 Å². The standard InChI is InChI=1S/C24H18BrN3O3/c25-18-6-7-21-19(12-18)24(31)20(23(30)17-8-10-26-11-9-17)14-28(21)15-22(29)27-13-16-4-2-1-3-5-16/h1-12,14H,13,15H2,(H,27,29). The molecule has 0 spiro atoms. The average Bonchev–Trinajstić information content (AvgIpc) is 2.80. The van der Waals surface area contributed by atoms with Gasteiger partial charge < -0.3 is 9.88 Å². The zero-order valence-electron chi connectivity index (χ0n) is 16.4. The number of carbonyl (C=O) groups excluding carboxylic acids is 2. The molecule has 154 valence electrons. The summed E-state index contributed by atoms with van der Waals surface area (Å²) in [7, 11) is 0. The van der Waals surface area contributed by atoms with Crippen molar-refractivity contribution >= 4 is 38.5 Å². The van der Waals surface area contributed by atoms with Crippen molar-refractivity contribution in [1.29, 1.82) is 0 Å². The number of nitrogens with one attached hydrogen (secondary N) is 1. The summed E-state index contributed by atoms with van der Waals surface area (Å²) in [5.41, 5.74) is 1.56. The maximum Gasteiger partial charge on any atom is 0.240 e. The van der Waals surface area contributed by atoms with Gasteiger partial charge in [-0.2, -0.15) is 0 Å². The highest BCUT2D eigenvalue weighted by molar-refractivity contribution is 9.10. The Balaban J connectivity index is 1.70. The van der Waals surface area contributed by atoms with Crippen molar-refractivity contribution in [2.75, 3.05) is 0 Å². The number of nitrogens with zero attached hydrogens (tertiary/aromatic N) is 2. The van der Waals surface area contributed by atoms with Gasteiger partial charge in [0.05, 0.1) is 11.1 Å². The number of carbonyl (C=O) groups is 2. The molecule has 4 aromatic rings. The SMILES string of the molecule is O=C(Cn1cc(C(=O)c2ccncc2)c(=O)c2cc(Br)ccc21)NCc1ccccc1. The van der Waals surface area contributed by atoms with Crippen molar-refractivity contribution in [3.05, 3.63) is 111 Å². The molecule has 0 saturated heterocycles. The molecule has 2 aromatic heterocycles. The summed E-state index contributed by atoms with van der Waals surface area (Å²) < 4.78 is 2.35. The van der Waals surface area contributed by atoms with Gasteiger partial charge in [-0.15, -0.1) is 0 Å². The highest BCUT2D eigenvalue weighted by atomic mass is 79.9. The Morgan fingerprint density at radius 2 is 1.74 bits per heavy atom. The molecule has 0 aliphatic heterocycles. The molecule has 0 bridgehead atoms. The second-order valence-corrected chi connectivity index (χ2v) is 7.90. The summed E-state index contributed by atoms with van der Waals surface area (Å²) in [6.45, 7) is 0.369. The van der Waals surface area contributed by atoms with E-state index in [2.05, 4.69) is 26.2 Å². The van der Waals surface area contributed by atoms with E-state index in [1.165, 1.54) is 18.6 Å². The van der Waals surface area contributed by atoms with E-state index in [4.69, 9.17) is 0 Å². The van der Waals surface area contributed by atoms with Crippen molar-refractivity contribution < 1.29 is 9.59 Å². The molecule has 7 heteroatoms. The molecular weight excluding hydrogens is 458 g/mol. The van der Waals surface area contributed by atoms with Crippen LogP contribution in [0.3, 0.4) is 0 Å². The zero-order valence-corrected chi connectivity index (χ0v) is 18.0. The predicted octanol–water partition coefficient (Wildman–Crippen LogP) is 3.71. The Kier molecular flexibility index (Phi) is 6.04. The Hall–Kier alpha value is -3.58. The first-order valence-electron chi connectivity index (χ1n) is 9.61. The Morgan fingerprint density at radius 3 is 2.48 bits per heavy atom. The fraction of sp³-hybridized carbons (Fsp3) is 0.0833. The van der Waals surface area contributed by atoms with E-state index >= 15 is 0 Å². The van der Waals surface area contributed by atoms with Gasteiger partial charge in [-0.1, -0.05) is 46.3 Å². The molecule has 0 unspecified atom stereocenters. The van der Waals surface area contributed by atoms with Crippen LogP contribution in [0.15, 0.2) is 88.5 Å². The van der Waals surface area contributed by atoms with Gasteiger partial charge in [0.25, 0.3) is 0 Å². The van der Waals surface area contributed by atoms with Crippen LogP contribution >= 0.6 is 15.9 Å². The molecule has 31 heavy (non-hydrogen) atoms. The Bertz CT molecular complexity index is 1320. The van der Waals surface area contributed by atoms with E-state index in [-0.39, 0.29) is 23.4 Å². The summed E-state index contributed by atoms with van der Waals surface area (Å²) in [5.74, 6) is -0.633. The minimum Gasteiger partial charge on any atom is -0.350 e. The normalized spacial score (nSPS) is 10.7. The number of halogens is 1. The van der Waals surface area contributed by atoms with Gasteiger partial charge in [0.2, 0.25) is 11.3 Å². The summed E-state index contributed by atoms with van der Waals surface area (Å²) in [6, 6.07) is 17.9. The van der Waals surface area contributed by atoms with Crippen LogP contribution in [0.25, 0.3) is 10.9 Å². The summed E-state index contributed by atoms with van der Waals surface area (Å²) in [4.78, 5) is 42.6. The number of benzene rings is 2. The van der Waals surface area contributed by atoms with Gasteiger partial charge in [-0.25, -0.2) is 0 Å². The summed E-state index contributed by atoms with van der Waals surface area (Å²) in [6.07, 6.45) is 4.46. The lowest BCUT2D eigenvalue weighted by atomic mass is 10.0. The molecule has 2 aromatic carbocycles. The number of hydrogen-bond acceptors (Lipinski definition) is 4. The Labute approximate surface area is 186 Å². The molecule has 0 aliphatic carbocycles. The fourth-order valence-electron chi connectivity index (χ4n) is 3.33. The number of aromatic nitrogens is 2. The van der Waals surface area contributed by atoms with Crippen molar-refractivity contribution in [1.82, 2.24) is 14.9 Å². The maximum absolute atomic E-state index is 13.1. The molecule has 0 radical (unpaired) electrons. The molecule has 1 amide bonds. The molecule has 1 N–H and O–H groups in total. The molecule has 0 fully saturated rings. The number of rotatable bonds is 6. The highest BCUT2D eigenvalue weighted by Gasteiger charge is 2.18. The van der Waals surface area contributed by atoms with Crippen LogP contribution in [0.4, 0.5) is 0 Å². The first-order valence-corrected chi connectivity index (χ1v) is 10.4. The van der Waals surface area contributed by atoms with Crippen LogP contribution in [0, 0.1) is 0 Å². The van der Waals surface area contributed by atoms with Crippen molar-refractivity contribution in [2.45, 2.75) is 13.1 Å². The number of pyridine rings is 2. The first-order chi connectivity index (χ1) is 15.0. The Morgan fingerprint density at radius 1 is 1.00 bits per heavy atom. The van der Waals surface area contributed by atoms with Gasteiger partial charge in [-0.05, 0) is 35.9 Å². The lowest BCUT2D eigenvalue weighted by Crippen LogP contribution is -2.29. The molecule has 0 saturated carbocycles. The van der Waals surface area contributed by atoms with E-state index in [9.17, 15) is 14.4 Å². The number of ketones is 1. The van der Waals surface area contributed by atoms with Crippen LogP contribution in [0.2, 0.25) is 0 Å². The number of fused-ring (bicyclic) bond motifs is 1. The van der Waals surface area contributed by atoms with Gasteiger partial charge in [0.15, 0.2) is 5.78 Å². The average molecular weight is 476 g/mol. The van der Waals surface area contributed by atoms with Crippen molar-refractivity contribution in [3.8, 4) is 0 Å². The smallest absolute Gasteiger partial charge is 0.240 e. The van der Waals surface area contributed by atoms with E-state index in [1.54, 1.807) is 34.9 Å². The molecule has 0 aliphatic rings. The van der Waals surface area contributed by atoms with Crippen LogP contribution in [0.1, 0.15) is 21.5 Å². The van der Waals surface area contributed by atoms with Gasteiger partial charge in [-0.3, -0.25) is 19.4 Å². The first kappa shape index (κ1) is 20.7. The molecule has 2 heterocycles. The van der Waals surface area contributed by atoms with Gasteiger partial charge >= 0.3 is 0 Å². The molecular formula is C24H18BrN3O3. The fourth-order valence-corrected chi connectivity index (χ4v) is 3.69. The van der Waals surface area contributed by atoms with Crippen molar-refractivity contribution in [3.63, 3.8) is 0 Å². The highest BCUT2D eigenvalue weighted by Crippen LogP contribution is 2.19. The minimum absolute atomic E-state index is 0.00709. The second-order valence-electron chi connectivity index (χ2n) is 6.99. The van der Waals surface area contributed by atoms with E-state index in [1.807, 2.05) is 30.3 Å². The van der Waals surface area contributed by atoms with E-state index in [0.717, 1.165) is 5.56 Å². The quantitative estimate of drug-likeness (QED) is 0.431. The summed E-state index contributed by atoms with van der Waals surface area (Å²) in [5, 5.41) is 3.24. The summed E-state index contributed by atoms with van der Waals surface area (Å²) >= 11 is 3.38. The largest absolute Gasteiger partial charge is 0.350 e. The minimum atomic E-state index is -0.410. The lowest BCUT2D eigenvalue weighted by Gasteiger charge is -2.14. The van der Waals surface area contributed by atoms with Gasteiger partial charge in [0.1, 0.15) is 6.54 Å². The molecule has 6 nitrogen and oxygen atoms in total. The second kappa shape index (κ2) is 9.06. The topological polar surface area (TPSA) is 81.1 Å². The lowest BCUT2D eigenvalue weighted by molar-refractivity contribution is -0.121.